The molecular formula is C17H22N2O6. The highest BCUT2D eigenvalue weighted by atomic mass is 16.5. The molecule has 6 N–H and O–H groups in total. The summed E-state index contributed by atoms with van der Waals surface area (Å²) in [5.74, 6) is -1.10. The van der Waals surface area contributed by atoms with E-state index in [2.05, 4.69) is 10.3 Å². The van der Waals surface area contributed by atoms with Crippen molar-refractivity contribution in [2.24, 2.45) is 0 Å². The quantitative estimate of drug-likeness (QED) is 0.431. The first kappa shape index (κ1) is 17.8. The molecular weight excluding hydrogens is 328 g/mol. The average molecular weight is 350 g/mol. The van der Waals surface area contributed by atoms with Gasteiger partial charge in [-0.25, -0.2) is 0 Å². The lowest BCUT2D eigenvalue weighted by Crippen LogP contribution is -2.63. The van der Waals surface area contributed by atoms with Crippen molar-refractivity contribution in [3.05, 3.63) is 36.0 Å². The van der Waals surface area contributed by atoms with E-state index in [0.29, 0.717) is 0 Å². The second-order valence-electron chi connectivity index (χ2n) is 6.35. The summed E-state index contributed by atoms with van der Waals surface area (Å²) in [4.78, 5) is 14.7. The van der Waals surface area contributed by atoms with E-state index >= 15 is 0 Å². The van der Waals surface area contributed by atoms with E-state index in [1.807, 2.05) is 24.3 Å². The van der Waals surface area contributed by atoms with Crippen LogP contribution in [0.25, 0.3) is 10.9 Å². The maximum atomic E-state index is 11.6. The third-order valence-electron chi connectivity index (χ3n) is 4.61. The van der Waals surface area contributed by atoms with Crippen molar-refractivity contribution >= 4 is 16.9 Å². The van der Waals surface area contributed by atoms with Gasteiger partial charge in [0.2, 0.25) is 0 Å². The van der Waals surface area contributed by atoms with E-state index in [9.17, 15) is 25.2 Å². The summed E-state index contributed by atoms with van der Waals surface area (Å²) >= 11 is 0. The molecule has 0 radical (unpaired) electrons. The zero-order chi connectivity index (χ0) is 18.1. The number of rotatable bonds is 5. The number of benzene rings is 1. The summed E-state index contributed by atoms with van der Waals surface area (Å²) in [6.45, 7) is 1.55. The van der Waals surface area contributed by atoms with Gasteiger partial charge in [0.05, 0.1) is 6.10 Å². The fourth-order valence-corrected chi connectivity index (χ4v) is 3.13. The summed E-state index contributed by atoms with van der Waals surface area (Å²) in [5, 5.41) is 42.8. The van der Waals surface area contributed by atoms with E-state index in [4.69, 9.17) is 4.74 Å². The Hall–Kier alpha value is -1.97. The van der Waals surface area contributed by atoms with E-state index in [-0.39, 0.29) is 6.42 Å². The number of fused-ring (bicyclic) bond motifs is 1. The summed E-state index contributed by atoms with van der Waals surface area (Å²) in [5.41, 5.74) is 1.72. The third kappa shape index (κ3) is 3.53. The number of aliphatic hydroxyl groups is 3. The van der Waals surface area contributed by atoms with E-state index < -0.39 is 42.7 Å². The maximum Gasteiger partial charge on any atom is 0.321 e. The monoisotopic (exact) mass is 350 g/mol. The number of aliphatic carboxylic acids is 1. The van der Waals surface area contributed by atoms with E-state index in [0.717, 1.165) is 16.5 Å². The number of aromatic nitrogens is 1. The predicted molar refractivity (Wildman–Crippen MR) is 88.9 cm³/mol. The summed E-state index contributed by atoms with van der Waals surface area (Å²) in [6.07, 6.45) is -4.00. The van der Waals surface area contributed by atoms with Crippen molar-refractivity contribution in [1.82, 2.24) is 10.3 Å². The van der Waals surface area contributed by atoms with Crippen LogP contribution in [0.4, 0.5) is 0 Å². The van der Waals surface area contributed by atoms with Gasteiger partial charge >= 0.3 is 5.97 Å². The molecule has 25 heavy (non-hydrogen) atoms. The summed E-state index contributed by atoms with van der Waals surface area (Å²) in [7, 11) is 0. The lowest BCUT2D eigenvalue weighted by Gasteiger charge is -2.40. The highest BCUT2D eigenvalue weighted by molar-refractivity contribution is 5.84. The van der Waals surface area contributed by atoms with Gasteiger partial charge < -0.3 is 30.1 Å². The second-order valence-corrected chi connectivity index (χ2v) is 6.35. The number of H-pyrrole nitrogens is 1. The Morgan fingerprint density at radius 3 is 2.68 bits per heavy atom. The van der Waals surface area contributed by atoms with Crippen molar-refractivity contribution in [2.45, 2.75) is 50.0 Å². The van der Waals surface area contributed by atoms with Gasteiger partial charge in [0.15, 0.2) is 0 Å². The van der Waals surface area contributed by atoms with Gasteiger partial charge in [-0.15, -0.1) is 0 Å². The molecule has 0 spiro atoms. The Kier molecular flexibility index (Phi) is 5.07. The average Bonchev–Trinajstić information content (AvgIpc) is 3.00. The van der Waals surface area contributed by atoms with Crippen LogP contribution >= 0.6 is 0 Å². The van der Waals surface area contributed by atoms with Crippen molar-refractivity contribution < 1.29 is 30.0 Å². The van der Waals surface area contributed by atoms with Crippen LogP contribution in [0.2, 0.25) is 0 Å². The molecule has 1 aromatic heterocycles. The first-order chi connectivity index (χ1) is 11.9. The van der Waals surface area contributed by atoms with Crippen molar-refractivity contribution in [3.8, 4) is 0 Å². The van der Waals surface area contributed by atoms with Crippen LogP contribution in [0.3, 0.4) is 0 Å². The maximum absolute atomic E-state index is 11.6. The van der Waals surface area contributed by atoms with Crippen LogP contribution in [0.15, 0.2) is 30.5 Å². The Morgan fingerprint density at radius 1 is 1.24 bits per heavy atom. The molecule has 2 heterocycles. The SMILES string of the molecule is C[C@@H]1OC(NC(Cc2c[nH]c3ccccc23)C(=O)O)[C@@H](O)[C@H](O)[C@@H]1O. The molecule has 2 aromatic rings. The van der Waals surface area contributed by atoms with Gasteiger partial charge in [-0.3, -0.25) is 10.1 Å². The predicted octanol–water partition coefficient (Wildman–Crippen LogP) is -0.419. The minimum Gasteiger partial charge on any atom is -0.480 e. The Bertz CT molecular complexity index is 748. The topological polar surface area (TPSA) is 135 Å². The molecule has 0 aliphatic carbocycles. The molecule has 0 bridgehead atoms. The fraction of sp³-hybridized carbons (Fsp3) is 0.471. The molecule has 1 aliphatic rings. The van der Waals surface area contributed by atoms with Crippen molar-refractivity contribution in [1.29, 1.82) is 0 Å². The molecule has 0 amide bonds. The van der Waals surface area contributed by atoms with Crippen LogP contribution in [-0.4, -0.2) is 68.1 Å². The molecule has 3 rings (SSSR count). The number of aliphatic hydroxyl groups excluding tert-OH is 3. The van der Waals surface area contributed by atoms with Gasteiger partial charge in [0.25, 0.3) is 0 Å². The van der Waals surface area contributed by atoms with Crippen LogP contribution in [0.5, 0.6) is 0 Å². The number of nitrogens with one attached hydrogen (secondary N) is 2. The molecule has 1 fully saturated rings. The van der Waals surface area contributed by atoms with E-state index in [1.165, 1.54) is 0 Å². The van der Waals surface area contributed by atoms with Gasteiger partial charge in [0.1, 0.15) is 30.6 Å². The Balaban J connectivity index is 1.77. The molecule has 1 saturated heterocycles. The lowest BCUT2D eigenvalue weighted by atomic mass is 9.98. The molecule has 0 saturated carbocycles. The summed E-state index contributed by atoms with van der Waals surface area (Å²) < 4.78 is 5.43. The third-order valence-corrected chi connectivity index (χ3v) is 4.61. The number of carboxylic acid groups (broad SMARTS) is 1. The number of carboxylic acids is 1. The van der Waals surface area contributed by atoms with Crippen molar-refractivity contribution in [3.63, 3.8) is 0 Å². The van der Waals surface area contributed by atoms with E-state index in [1.54, 1.807) is 13.1 Å². The number of ether oxygens (including phenoxy) is 1. The van der Waals surface area contributed by atoms with Gasteiger partial charge in [-0.1, -0.05) is 18.2 Å². The number of carbonyl (C=O) groups is 1. The van der Waals surface area contributed by atoms with Crippen LogP contribution in [0.1, 0.15) is 12.5 Å². The van der Waals surface area contributed by atoms with Crippen LogP contribution in [-0.2, 0) is 16.0 Å². The molecule has 8 nitrogen and oxygen atoms in total. The molecule has 2 unspecified atom stereocenters. The molecule has 6 atom stereocenters. The highest BCUT2D eigenvalue weighted by Crippen LogP contribution is 2.22. The molecule has 136 valence electrons. The molecule has 1 aliphatic heterocycles. The molecule has 8 heteroatoms. The van der Waals surface area contributed by atoms with Gasteiger partial charge in [-0.05, 0) is 18.6 Å². The Labute approximate surface area is 144 Å². The van der Waals surface area contributed by atoms with Gasteiger partial charge in [0, 0.05) is 23.5 Å². The smallest absolute Gasteiger partial charge is 0.321 e. The first-order valence-corrected chi connectivity index (χ1v) is 8.12. The van der Waals surface area contributed by atoms with Crippen molar-refractivity contribution in [2.75, 3.05) is 0 Å². The number of aromatic amines is 1. The lowest BCUT2D eigenvalue weighted by molar-refractivity contribution is -0.227. The minimum absolute atomic E-state index is 0.166. The fourth-order valence-electron chi connectivity index (χ4n) is 3.13. The number of hydrogen-bond acceptors (Lipinski definition) is 6. The van der Waals surface area contributed by atoms with Gasteiger partial charge in [-0.2, -0.15) is 0 Å². The van der Waals surface area contributed by atoms with Crippen LogP contribution < -0.4 is 5.32 Å². The number of para-hydroxylation sites is 1. The first-order valence-electron chi connectivity index (χ1n) is 8.12. The zero-order valence-corrected chi connectivity index (χ0v) is 13.7. The molecule has 1 aromatic carbocycles. The van der Waals surface area contributed by atoms with Crippen LogP contribution in [0, 0.1) is 0 Å². The largest absolute Gasteiger partial charge is 0.480 e. The standard InChI is InChI=1S/C17H22N2O6/c1-8-13(20)14(21)15(22)16(25-8)19-12(17(23)24)6-9-7-18-11-5-3-2-4-10(9)11/h2-5,7-8,12-16,18-22H,6H2,1H3,(H,23,24)/t8-,12?,13+,14+,15-,16?/m0/s1. The number of hydrogen-bond donors (Lipinski definition) is 6. The normalized spacial score (nSPS) is 31.1. The summed E-state index contributed by atoms with van der Waals surface area (Å²) in [6, 6.07) is 6.52. The second kappa shape index (κ2) is 7.11. The minimum atomic E-state index is -1.43. The highest BCUT2D eigenvalue weighted by Gasteiger charge is 2.43. The zero-order valence-electron chi connectivity index (χ0n) is 13.7. The Morgan fingerprint density at radius 2 is 1.96 bits per heavy atom.